The summed E-state index contributed by atoms with van der Waals surface area (Å²) in [6.45, 7) is 2.64. The Morgan fingerprint density at radius 1 is 0.903 bits per heavy atom. The van der Waals surface area contributed by atoms with E-state index in [9.17, 15) is 4.79 Å². The molecule has 2 heterocycles. The minimum absolute atomic E-state index is 0.0837. The molecule has 0 spiro atoms. The molecule has 1 aromatic heterocycles. The Kier molecular flexibility index (Phi) is 6.16. The highest BCUT2D eigenvalue weighted by Crippen LogP contribution is 2.32. The Hall–Kier alpha value is -3.81. The van der Waals surface area contributed by atoms with Crippen molar-refractivity contribution in [1.82, 2.24) is 14.9 Å². The van der Waals surface area contributed by atoms with Gasteiger partial charge in [-0.1, -0.05) is 18.2 Å². The monoisotopic (exact) mass is 419 g/mol. The number of para-hydroxylation sites is 1. The van der Waals surface area contributed by atoms with Crippen molar-refractivity contribution < 1.29 is 14.3 Å². The van der Waals surface area contributed by atoms with Crippen molar-refractivity contribution in [1.29, 1.82) is 0 Å². The van der Waals surface area contributed by atoms with Gasteiger partial charge in [-0.05, 0) is 30.3 Å². The number of urea groups is 1. The van der Waals surface area contributed by atoms with Crippen molar-refractivity contribution in [2.45, 2.75) is 0 Å². The second-order valence-electron chi connectivity index (χ2n) is 7.10. The predicted octanol–water partition coefficient (Wildman–Crippen LogP) is 3.51. The predicted molar refractivity (Wildman–Crippen MR) is 120 cm³/mol. The molecule has 2 aromatic carbocycles. The van der Waals surface area contributed by atoms with Crippen LogP contribution in [0.15, 0.2) is 60.9 Å². The smallest absolute Gasteiger partial charge is 0.321 e. The highest BCUT2D eigenvalue weighted by atomic mass is 16.5. The van der Waals surface area contributed by atoms with Crippen molar-refractivity contribution in [2.75, 3.05) is 50.6 Å². The molecule has 1 fully saturated rings. The van der Waals surface area contributed by atoms with E-state index in [0.29, 0.717) is 37.7 Å². The zero-order valence-corrected chi connectivity index (χ0v) is 17.6. The van der Waals surface area contributed by atoms with Crippen molar-refractivity contribution in [3.8, 4) is 22.8 Å². The number of nitrogens with one attached hydrogen (secondary N) is 1. The highest BCUT2D eigenvalue weighted by molar-refractivity contribution is 5.89. The van der Waals surface area contributed by atoms with Gasteiger partial charge in [0.05, 0.1) is 19.9 Å². The van der Waals surface area contributed by atoms with Gasteiger partial charge in [0.2, 0.25) is 0 Å². The number of piperazine rings is 1. The van der Waals surface area contributed by atoms with Gasteiger partial charge < -0.3 is 24.6 Å². The normalized spacial score (nSPS) is 13.6. The molecular weight excluding hydrogens is 394 g/mol. The first kappa shape index (κ1) is 20.5. The van der Waals surface area contributed by atoms with E-state index >= 15 is 0 Å². The van der Waals surface area contributed by atoms with Crippen LogP contribution in [0.3, 0.4) is 0 Å². The van der Waals surface area contributed by atoms with Gasteiger partial charge in [-0.2, -0.15) is 0 Å². The SMILES string of the molecule is COc1ccc(-c2cc(N3CCN(C(=O)Nc4ccccc4)CC3)ncn2)cc1OC. The van der Waals surface area contributed by atoms with E-state index in [2.05, 4.69) is 20.2 Å². The molecule has 1 aliphatic heterocycles. The minimum atomic E-state index is -0.0837. The Labute approximate surface area is 181 Å². The first-order chi connectivity index (χ1) is 15.2. The van der Waals surface area contributed by atoms with E-state index in [1.165, 1.54) is 0 Å². The molecule has 0 atom stereocenters. The number of carbonyl (C=O) groups excluding carboxylic acids is 1. The maximum atomic E-state index is 12.5. The Morgan fingerprint density at radius 2 is 1.65 bits per heavy atom. The van der Waals surface area contributed by atoms with Crippen molar-refractivity contribution in [3.63, 3.8) is 0 Å². The number of methoxy groups -OCH3 is 2. The second kappa shape index (κ2) is 9.34. The van der Waals surface area contributed by atoms with E-state index in [1.807, 2.05) is 59.5 Å². The van der Waals surface area contributed by atoms with Gasteiger partial charge in [0.15, 0.2) is 11.5 Å². The number of aromatic nitrogens is 2. The number of carbonyl (C=O) groups is 1. The van der Waals surface area contributed by atoms with Gasteiger partial charge in [0.1, 0.15) is 12.1 Å². The summed E-state index contributed by atoms with van der Waals surface area (Å²) in [4.78, 5) is 25.4. The van der Waals surface area contributed by atoms with E-state index < -0.39 is 0 Å². The molecule has 0 bridgehead atoms. The Balaban J connectivity index is 1.42. The van der Waals surface area contributed by atoms with E-state index in [0.717, 1.165) is 22.8 Å². The standard InChI is InChI=1S/C23H25N5O3/c1-30-20-9-8-17(14-21(20)31-2)19-15-22(25-16-24-19)27-10-12-28(13-11-27)23(29)26-18-6-4-3-5-7-18/h3-9,14-16H,10-13H2,1-2H3,(H,26,29). The third-order valence-electron chi connectivity index (χ3n) is 5.25. The third kappa shape index (κ3) is 4.69. The van der Waals surface area contributed by atoms with Crippen molar-refractivity contribution in [3.05, 3.63) is 60.9 Å². The van der Waals surface area contributed by atoms with Crippen LogP contribution in [0, 0.1) is 0 Å². The summed E-state index contributed by atoms with van der Waals surface area (Å²) >= 11 is 0. The van der Waals surface area contributed by atoms with Crippen LogP contribution in [0.5, 0.6) is 11.5 Å². The summed E-state index contributed by atoms with van der Waals surface area (Å²) < 4.78 is 10.7. The summed E-state index contributed by atoms with van der Waals surface area (Å²) in [7, 11) is 3.22. The quantitative estimate of drug-likeness (QED) is 0.682. The van der Waals surface area contributed by atoms with Crippen LogP contribution in [0.25, 0.3) is 11.3 Å². The topological polar surface area (TPSA) is 79.8 Å². The molecule has 0 radical (unpaired) electrons. The number of benzene rings is 2. The van der Waals surface area contributed by atoms with Crippen LogP contribution in [-0.2, 0) is 0 Å². The molecule has 160 valence electrons. The number of amides is 2. The molecule has 31 heavy (non-hydrogen) atoms. The number of anilines is 2. The number of hydrogen-bond donors (Lipinski definition) is 1. The van der Waals surface area contributed by atoms with E-state index in [4.69, 9.17) is 9.47 Å². The molecule has 0 unspecified atom stereocenters. The lowest BCUT2D eigenvalue weighted by Gasteiger charge is -2.35. The van der Waals surface area contributed by atoms with Crippen LogP contribution in [-0.4, -0.2) is 61.3 Å². The lowest BCUT2D eigenvalue weighted by atomic mass is 10.1. The fourth-order valence-corrected chi connectivity index (χ4v) is 3.54. The summed E-state index contributed by atoms with van der Waals surface area (Å²) in [6, 6.07) is 17.1. The second-order valence-corrected chi connectivity index (χ2v) is 7.10. The summed E-state index contributed by atoms with van der Waals surface area (Å²) in [5, 5.41) is 2.94. The fraction of sp³-hybridized carbons (Fsp3) is 0.261. The first-order valence-electron chi connectivity index (χ1n) is 10.1. The Morgan fingerprint density at radius 3 is 2.35 bits per heavy atom. The molecule has 8 nitrogen and oxygen atoms in total. The van der Waals surface area contributed by atoms with Gasteiger partial charge >= 0.3 is 6.03 Å². The molecule has 8 heteroatoms. The highest BCUT2D eigenvalue weighted by Gasteiger charge is 2.22. The molecule has 1 aliphatic rings. The molecule has 0 saturated carbocycles. The largest absolute Gasteiger partial charge is 0.493 e. The minimum Gasteiger partial charge on any atom is -0.493 e. The number of rotatable bonds is 5. The fourth-order valence-electron chi connectivity index (χ4n) is 3.54. The maximum Gasteiger partial charge on any atom is 0.321 e. The molecule has 3 aromatic rings. The van der Waals surface area contributed by atoms with Gasteiger partial charge in [-0.25, -0.2) is 14.8 Å². The third-order valence-corrected chi connectivity index (χ3v) is 5.25. The lowest BCUT2D eigenvalue weighted by molar-refractivity contribution is 0.208. The molecule has 1 N–H and O–H groups in total. The van der Waals surface area contributed by atoms with Crippen LogP contribution < -0.4 is 19.7 Å². The van der Waals surface area contributed by atoms with Crippen LogP contribution >= 0.6 is 0 Å². The first-order valence-corrected chi connectivity index (χ1v) is 10.1. The average Bonchev–Trinajstić information content (AvgIpc) is 2.84. The van der Waals surface area contributed by atoms with Gasteiger partial charge in [-0.3, -0.25) is 0 Å². The van der Waals surface area contributed by atoms with Crippen LogP contribution in [0.2, 0.25) is 0 Å². The van der Waals surface area contributed by atoms with E-state index in [1.54, 1.807) is 20.5 Å². The van der Waals surface area contributed by atoms with Gasteiger partial charge in [0.25, 0.3) is 0 Å². The number of nitrogens with zero attached hydrogens (tertiary/aromatic N) is 4. The molecule has 0 aliphatic carbocycles. The summed E-state index contributed by atoms with van der Waals surface area (Å²) in [5.41, 5.74) is 2.52. The van der Waals surface area contributed by atoms with E-state index in [-0.39, 0.29) is 6.03 Å². The van der Waals surface area contributed by atoms with Gasteiger partial charge in [-0.15, -0.1) is 0 Å². The molecule has 4 rings (SSSR count). The van der Waals surface area contributed by atoms with Crippen molar-refractivity contribution in [2.24, 2.45) is 0 Å². The van der Waals surface area contributed by atoms with Gasteiger partial charge in [0, 0.05) is 43.5 Å². The Bertz CT molecular complexity index is 1040. The number of hydrogen-bond acceptors (Lipinski definition) is 6. The number of ether oxygens (including phenoxy) is 2. The average molecular weight is 419 g/mol. The summed E-state index contributed by atoms with van der Waals surface area (Å²) in [5.74, 6) is 2.16. The molecule has 1 saturated heterocycles. The maximum absolute atomic E-state index is 12.5. The zero-order valence-electron chi connectivity index (χ0n) is 17.6. The van der Waals surface area contributed by atoms with Crippen LogP contribution in [0.1, 0.15) is 0 Å². The zero-order chi connectivity index (χ0) is 21.6. The summed E-state index contributed by atoms with van der Waals surface area (Å²) in [6.07, 6.45) is 1.57. The molecular formula is C23H25N5O3. The van der Waals surface area contributed by atoms with Crippen LogP contribution in [0.4, 0.5) is 16.3 Å². The van der Waals surface area contributed by atoms with Crippen molar-refractivity contribution >= 4 is 17.5 Å². The lowest BCUT2D eigenvalue weighted by Crippen LogP contribution is -2.50. The molecule has 2 amide bonds.